The maximum atomic E-state index is 12.7. The fourth-order valence-corrected chi connectivity index (χ4v) is 3.96. The Kier molecular flexibility index (Phi) is 6.50. The molecule has 170 valence electrons. The third-order valence-corrected chi connectivity index (χ3v) is 5.60. The average Bonchev–Trinajstić information content (AvgIpc) is 3.13. The molecule has 0 unspecified atom stereocenters. The lowest BCUT2D eigenvalue weighted by Crippen LogP contribution is -2.28. The molecule has 0 spiro atoms. The molecule has 0 aliphatic heterocycles. The van der Waals surface area contributed by atoms with Gasteiger partial charge in [-0.05, 0) is 12.1 Å². The average molecular weight is 468 g/mol. The predicted molar refractivity (Wildman–Crippen MR) is 123 cm³/mol. The Labute approximate surface area is 193 Å². The number of amides is 1. The largest absolute Gasteiger partial charge is 0.493 e. The lowest BCUT2D eigenvalue weighted by molar-refractivity contribution is -0.117. The number of fused-ring (bicyclic) bond motifs is 1. The summed E-state index contributed by atoms with van der Waals surface area (Å²) in [7, 11) is 4.46. The second-order valence-corrected chi connectivity index (χ2v) is 7.87. The predicted octanol–water partition coefficient (Wildman–Crippen LogP) is 2.71. The van der Waals surface area contributed by atoms with E-state index in [0.717, 1.165) is 9.58 Å². The molecule has 1 N–H and O–H groups in total. The highest BCUT2D eigenvalue weighted by molar-refractivity contribution is 7.99. The van der Waals surface area contributed by atoms with Crippen molar-refractivity contribution in [3.8, 4) is 17.2 Å². The number of carbonyl (C=O) groups is 1. The molecule has 0 saturated carbocycles. The monoisotopic (exact) mass is 467 g/mol. The molecule has 4 aromatic rings. The molecule has 0 aliphatic carbocycles. The first-order valence-electron chi connectivity index (χ1n) is 9.80. The number of anilines is 1. The number of benzene rings is 2. The van der Waals surface area contributed by atoms with Gasteiger partial charge in [-0.1, -0.05) is 30.0 Å². The number of ether oxygens (including phenoxy) is 3. The van der Waals surface area contributed by atoms with Crippen LogP contribution in [-0.4, -0.2) is 46.4 Å². The molecule has 33 heavy (non-hydrogen) atoms. The van der Waals surface area contributed by atoms with Crippen molar-refractivity contribution in [1.29, 1.82) is 0 Å². The first-order valence-corrected chi connectivity index (χ1v) is 10.6. The van der Waals surface area contributed by atoms with Crippen molar-refractivity contribution in [2.24, 2.45) is 0 Å². The van der Waals surface area contributed by atoms with Gasteiger partial charge < -0.3 is 19.5 Å². The van der Waals surface area contributed by atoms with E-state index in [4.69, 9.17) is 14.2 Å². The van der Waals surface area contributed by atoms with Gasteiger partial charge in [0.05, 0.1) is 21.3 Å². The summed E-state index contributed by atoms with van der Waals surface area (Å²) in [6, 6.07) is 14.6. The first-order chi connectivity index (χ1) is 16.0. The van der Waals surface area contributed by atoms with Crippen molar-refractivity contribution in [1.82, 2.24) is 19.2 Å². The highest BCUT2D eigenvalue weighted by atomic mass is 32.2. The summed E-state index contributed by atoms with van der Waals surface area (Å²) in [5.74, 6) is 0.756. The van der Waals surface area contributed by atoms with Gasteiger partial charge in [-0.25, -0.2) is 18.9 Å². The minimum Gasteiger partial charge on any atom is -0.493 e. The van der Waals surface area contributed by atoms with E-state index in [-0.39, 0.29) is 6.54 Å². The minimum atomic E-state index is -0.464. The van der Waals surface area contributed by atoms with E-state index in [0.29, 0.717) is 33.6 Å². The molecule has 0 fully saturated rings. The fraction of sp³-hybridized carbons (Fsp3) is 0.182. The van der Waals surface area contributed by atoms with Crippen LogP contribution in [0.4, 0.5) is 5.69 Å². The Balaban J connectivity index is 1.53. The molecule has 11 heteroatoms. The molecular formula is C22H21N5O5S. The molecule has 4 rings (SSSR count). The third-order valence-electron chi connectivity index (χ3n) is 4.66. The van der Waals surface area contributed by atoms with Crippen molar-refractivity contribution >= 4 is 29.0 Å². The number of hydrogen-bond acceptors (Lipinski definition) is 8. The third kappa shape index (κ3) is 4.77. The van der Waals surface area contributed by atoms with Crippen molar-refractivity contribution in [3.63, 3.8) is 0 Å². The molecule has 2 heterocycles. The Morgan fingerprint density at radius 3 is 2.36 bits per heavy atom. The normalized spacial score (nSPS) is 10.8. The van der Waals surface area contributed by atoms with E-state index in [1.165, 1.54) is 43.8 Å². The van der Waals surface area contributed by atoms with E-state index in [2.05, 4.69) is 15.4 Å². The van der Waals surface area contributed by atoms with Gasteiger partial charge >= 0.3 is 5.69 Å². The lowest BCUT2D eigenvalue weighted by atomic mass is 10.2. The number of rotatable bonds is 8. The molecule has 0 aliphatic rings. The van der Waals surface area contributed by atoms with Gasteiger partial charge in [0.25, 0.3) is 0 Å². The topological polar surface area (TPSA) is 109 Å². The van der Waals surface area contributed by atoms with Crippen LogP contribution < -0.4 is 25.2 Å². The van der Waals surface area contributed by atoms with Crippen LogP contribution in [0.25, 0.3) is 5.65 Å². The summed E-state index contributed by atoms with van der Waals surface area (Å²) >= 11 is 1.45. The summed E-state index contributed by atoms with van der Waals surface area (Å²) in [4.78, 5) is 30.6. The van der Waals surface area contributed by atoms with Crippen LogP contribution in [0.5, 0.6) is 17.2 Å². The van der Waals surface area contributed by atoms with Gasteiger partial charge in [0.1, 0.15) is 17.9 Å². The zero-order valence-corrected chi connectivity index (χ0v) is 19.0. The number of methoxy groups -OCH3 is 3. The molecule has 0 radical (unpaired) electrons. The van der Waals surface area contributed by atoms with Crippen LogP contribution >= 0.6 is 11.8 Å². The zero-order chi connectivity index (χ0) is 23.4. The summed E-state index contributed by atoms with van der Waals surface area (Å²) in [5, 5.41) is 7.69. The molecule has 2 aromatic heterocycles. The molecule has 0 bridgehead atoms. The van der Waals surface area contributed by atoms with E-state index >= 15 is 0 Å². The van der Waals surface area contributed by atoms with Crippen molar-refractivity contribution in [2.45, 2.75) is 16.5 Å². The van der Waals surface area contributed by atoms with Gasteiger partial charge in [0, 0.05) is 28.8 Å². The lowest BCUT2D eigenvalue weighted by Gasteiger charge is -2.14. The van der Waals surface area contributed by atoms with Crippen LogP contribution in [0.1, 0.15) is 0 Å². The van der Waals surface area contributed by atoms with Gasteiger partial charge in [0.2, 0.25) is 11.7 Å². The number of carbonyl (C=O) groups excluding carboxylic acids is 1. The van der Waals surface area contributed by atoms with E-state index in [9.17, 15) is 9.59 Å². The maximum absolute atomic E-state index is 12.7. The van der Waals surface area contributed by atoms with Gasteiger partial charge in [-0.2, -0.15) is 0 Å². The van der Waals surface area contributed by atoms with Gasteiger partial charge in [-0.3, -0.25) is 4.79 Å². The molecule has 0 atom stereocenters. The van der Waals surface area contributed by atoms with Crippen LogP contribution in [0, 0.1) is 0 Å². The zero-order valence-electron chi connectivity index (χ0n) is 18.1. The molecule has 10 nitrogen and oxygen atoms in total. The first kappa shape index (κ1) is 22.2. The van der Waals surface area contributed by atoms with Crippen LogP contribution in [-0.2, 0) is 11.3 Å². The summed E-state index contributed by atoms with van der Waals surface area (Å²) in [6.45, 7) is -0.279. The fourth-order valence-electron chi connectivity index (χ4n) is 3.16. The van der Waals surface area contributed by atoms with Crippen LogP contribution in [0.15, 0.2) is 69.6 Å². The molecular weight excluding hydrogens is 446 g/mol. The quantitative estimate of drug-likeness (QED) is 0.394. The SMILES string of the molecule is COc1cc(NC(=O)Cn2nc3cc(Sc4ccccc4)ncn3c2=O)cc(OC)c1OC. The standard InChI is InChI=1S/C22H21N5O5S/c1-30-16-9-14(10-17(31-2)21(16)32-3)24-19(28)12-27-22(29)26-13-23-20(11-18(26)25-27)33-15-7-5-4-6-8-15/h4-11,13H,12H2,1-3H3,(H,24,28). The summed E-state index contributed by atoms with van der Waals surface area (Å²) in [6.07, 6.45) is 1.41. The summed E-state index contributed by atoms with van der Waals surface area (Å²) < 4.78 is 18.3. The van der Waals surface area contributed by atoms with Gasteiger partial charge in [-0.15, -0.1) is 5.10 Å². The molecule has 0 saturated heterocycles. The van der Waals surface area contributed by atoms with Crippen LogP contribution in [0.3, 0.4) is 0 Å². The number of nitrogens with zero attached hydrogens (tertiary/aromatic N) is 4. The Morgan fingerprint density at radius 1 is 1.03 bits per heavy atom. The van der Waals surface area contributed by atoms with Crippen molar-refractivity contribution < 1.29 is 19.0 Å². The van der Waals surface area contributed by atoms with E-state index in [1.807, 2.05) is 30.3 Å². The smallest absolute Gasteiger partial charge is 0.352 e. The Hall–Kier alpha value is -3.99. The van der Waals surface area contributed by atoms with Crippen LogP contribution in [0.2, 0.25) is 0 Å². The Bertz CT molecular complexity index is 1330. The number of hydrogen-bond donors (Lipinski definition) is 1. The van der Waals surface area contributed by atoms with Crippen molar-refractivity contribution in [3.05, 3.63) is 65.3 Å². The van der Waals surface area contributed by atoms with Gasteiger partial charge in [0.15, 0.2) is 17.1 Å². The maximum Gasteiger partial charge on any atom is 0.352 e. The highest BCUT2D eigenvalue weighted by Crippen LogP contribution is 2.39. The minimum absolute atomic E-state index is 0.279. The second-order valence-electron chi connectivity index (χ2n) is 6.77. The second kappa shape index (κ2) is 9.65. The Morgan fingerprint density at radius 2 is 1.73 bits per heavy atom. The summed E-state index contributed by atoms with van der Waals surface area (Å²) in [5.41, 5.74) is 0.359. The molecule has 2 aromatic carbocycles. The number of aromatic nitrogens is 4. The van der Waals surface area contributed by atoms with E-state index < -0.39 is 11.6 Å². The molecule has 1 amide bonds. The van der Waals surface area contributed by atoms with Crippen molar-refractivity contribution in [2.75, 3.05) is 26.6 Å². The number of nitrogens with one attached hydrogen (secondary N) is 1. The highest BCUT2D eigenvalue weighted by Gasteiger charge is 2.16. The van der Waals surface area contributed by atoms with E-state index in [1.54, 1.807) is 18.2 Å².